The maximum atomic E-state index is 12.8. The first-order valence-corrected chi connectivity index (χ1v) is 4.73. The minimum absolute atomic E-state index is 0.0429. The van der Waals surface area contributed by atoms with Crippen LogP contribution >= 0.6 is 0 Å². The molecule has 0 aromatic heterocycles. The van der Waals surface area contributed by atoms with Crippen molar-refractivity contribution in [3.8, 4) is 0 Å². The van der Waals surface area contributed by atoms with E-state index in [-0.39, 0.29) is 12.1 Å². The third-order valence-corrected chi connectivity index (χ3v) is 1.81. The molecule has 16 heavy (non-hydrogen) atoms. The number of benzene rings is 1. The van der Waals surface area contributed by atoms with Crippen molar-refractivity contribution in [1.82, 2.24) is 5.32 Å². The SMILES string of the molecule is NC/C=C/CNC(=O)c1cc(F)cc(F)c1. The molecule has 0 unspecified atom stereocenters. The number of rotatable bonds is 4. The van der Waals surface area contributed by atoms with Gasteiger partial charge < -0.3 is 11.1 Å². The minimum Gasteiger partial charge on any atom is -0.349 e. The molecule has 1 rings (SSSR count). The Balaban J connectivity index is 2.62. The molecular formula is C11H12F2N2O. The zero-order valence-electron chi connectivity index (χ0n) is 8.54. The van der Waals surface area contributed by atoms with Crippen LogP contribution < -0.4 is 11.1 Å². The van der Waals surface area contributed by atoms with E-state index >= 15 is 0 Å². The van der Waals surface area contributed by atoms with Crippen molar-refractivity contribution in [3.63, 3.8) is 0 Å². The van der Waals surface area contributed by atoms with Crippen LogP contribution in [0.25, 0.3) is 0 Å². The van der Waals surface area contributed by atoms with Crippen molar-refractivity contribution >= 4 is 5.91 Å². The Kier molecular flexibility index (Phi) is 4.60. The lowest BCUT2D eigenvalue weighted by molar-refractivity contribution is 0.0957. The summed E-state index contributed by atoms with van der Waals surface area (Å²) >= 11 is 0. The number of amides is 1. The number of carbonyl (C=O) groups excluding carboxylic acids is 1. The van der Waals surface area contributed by atoms with Crippen LogP contribution in [0.5, 0.6) is 0 Å². The van der Waals surface area contributed by atoms with Gasteiger partial charge in [0.1, 0.15) is 11.6 Å². The summed E-state index contributed by atoms with van der Waals surface area (Å²) in [6, 6.07) is 2.67. The van der Waals surface area contributed by atoms with Gasteiger partial charge in [-0.05, 0) is 12.1 Å². The second-order valence-electron chi connectivity index (χ2n) is 3.08. The number of nitrogens with one attached hydrogen (secondary N) is 1. The smallest absolute Gasteiger partial charge is 0.251 e. The van der Waals surface area contributed by atoms with Crippen LogP contribution in [0.3, 0.4) is 0 Å². The van der Waals surface area contributed by atoms with Crippen LogP contribution in [0.1, 0.15) is 10.4 Å². The molecule has 0 saturated heterocycles. The summed E-state index contributed by atoms with van der Waals surface area (Å²) in [5.41, 5.74) is 5.15. The third-order valence-electron chi connectivity index (χ3n) is 1.81. The highest BCUT2D eigenvalue weighted by atomic mass is 19.1. The highest BCUT2D eigenvalue weighted by molar-refractivity contribution is 5.94. The first-order valence-electron chi connectivity index (χ1n) is 4.73. The Morgan fingerprint density at radius 3 is 2.44 bits per heavy atom. The van der Waals surface area contributed by atoms with Gasteiger partial charge in [-0.2, -0.15) is 0 Å². The third kappa shape index (κ3) is 3.78. The molecule has 5 heteroatoms. The normalized spacial score (nSPS) is 10.7. The van der Waals surface area contributed by atoms with Crippen molar-refractivity contribution in [3.05, 3.63) is 47.5 Å². The van der Waals surface area contributed by atoms with E-state index in [1.807, 2.05) is 0 Å². The van der Waals surface area contributed by atoms with E-state index in [2.05, 4.69) is 5.32 Å². The molecule has 3 nitrogen and oxygen atoms in total. The van der Waals surface area contributed by atoms with Crippen molar-refractivity contribution in [2.75, 3.05) is 13.1 Å². The predicted molar refractivity (Wildman–Crippen MR) is 56.9 cm³/mol. The fourth-order valence-electron chi connectivity index (χ4n) is 1.12. The average molecular weight is 226 g/mol. The minimum atomic E-state index is -0.775. The van der Waals surface area contributed by atoms with Gasteiger partial charge in [0.25, 0.3) is 5.91 Å². The molecule has 0 radical (unpaired) electrons. The quantitative estimate of drug-likeness (QED) is 0.758. The maximum absolute atomic E-state index is 12.8. The van der Waals surface area contributed by atoms with Crippen molar-refractivity contribution in [2.24, 2.45) is 5.73 Å². The first kappa shape index (κ1) is 12.3. The molecule has 0 fully saturated rings. The van der Waals surface area contributed by atoms with Crippen LogP contribution in [0.15, 0.2) is 30.4 Å². The fraction of sp³-hybridized carbons (Fsp3) is 0.182. The Bertz CT molecular complexity index is 385. The van der Waals surface area contributed by atoms with Gasteiger partial charge in [0, 0.05) is 24.7 Å². The summed E-state index contributed by atoms with van der Waals surface area (Å²) in [5.74, 6) is -2.08. The van der Waals surface area contributed by atoms with Crippen molar-refractivity contribution in [2.45, 2.75) is 0 Å². The van der Waals surface area contributed by atoms with Crippen LogP contribution in [-0.2, 0) is 0 Å². The summed E-state index contributed by atoms with van der Waals surface area (Å²) in [4.78, 5) is 11.4. The van der Waals surface area contributed by atoms with Gasteiger partial charge in [-0.1, -0.05) is 12.2 Å². The fourth-order valence-corrected chi connectivity index (χ4v) is 1.12. The summed E-state index contributed by atoms with van der Waals surface area (Å²) in [7, 11) is 0. The van der Waals surface area contributed by atoms with Gasteiger partial charge in [0.2, 0.25) is 0 Å². The van der Waals surface area contributed by atoms with E-state index in [0.717, 1.165) is 12.1 Å². The number of carbonyl (C=O) groups is 1. The molecule has 0 saturated carbocycles. The van der Waals surface area contributed by atoms with Gasteiger partial charge in [-0.3, -0.25) is 4.79 Å². The topological polar surface area (TPSA) is 55.1 Å². The number of halogens is 2. The summed E-state index contributed by atoms with van der Waals surface area (Å²) in [6.45, 7) is 0.651. The van der Waals surface area contributed by atoms with E-state index < -0.39 is 17.5 Å². The number of hydrogen-bond donors (Lipinski definition) is 2. The summed E-state index contributed by atoms with van der Waals surface area (Å²) in [6.07, 6.45) is 3.33. The molecule has 86 valence electrons. The lowest BCUT2D eigenvalue weighted by Gasteiger charge is -2.02. The monoisotopic (exact) mass is 226 g/mol. The molecule has 0 aliphatic carbocycles. The molecule has 0 spiro atoms. The zero-order chi connectivity index (χ0) is 12.0. The molecule has 1 amide bonds. The van der Waals surface area contributed by atoms with Gasteiger partial charge in [0.05, 0.1) is 0 Å². The predicted octanol–water partition coefficient (Wildman–Crippen LogP) is 1.21. The van der Waals surface area contributed by atoms with Crippen molar-refractivity contribution < 1.29 is 13.6 Å². The summed E-state index contributed by atoms with van der Waals surface area (Å²) < 4.78 is 25.6. The molecule has 0 aliphatic heterocycles. The Hall–Kier alpha value is -1.75. The molecule has 0 aliphatic rings. The molecule has 1 aromatic rings. The number of hydrogen-bond acceptors (Lipinski definition) is 2. The average Bonchev–Trinajstić information content (AvgIpc) is 2.22. The molecule has 0 bridgehead atoms. The zero-order valence-corrected chi connectivity index (χ0v) is 8.54. The number of nitrogens with two attached hydrogens (primary N) is 1. The van der Waals surface area contributed by atoms with Gasteiger partial charge in [-0.15, -0.1) is 0 Å². The highest BCUT2D eigenvalue weighted by Gasteiger charge is 2.07. The second-order valence-corrected chi connectivity index (χ2v) is 3.08. The highest BCUT2D eigenvalue weighted by Crippen LogP contribution is 2.07. The molecular weight excluding hydrogens is 214 g/mol. The van der Waals surface area contributed by atoms with E-state index in [9.17, 15) is 13.6 Å². The van der Waals surface area contributed by atoms with E-state index in [4.69, 9.17) is 5.73 Å². The largest absolute Gasteiger partial charge is 0.349 e. The Labute approximate surface area is 91.9 Å². The van der Waals surface area contributed by atoms with Crippen molar-refractivity contribution in [1.29, 1.82) is 0 Å². The second kappa shape index (κ2) is 5.97. The van der Waals surface area contributed by atoms with Crippen LogP contribution in [0.4, 0.5) is 8.78 Å². The molecule has 1 aromatic carbocycles. The van der Waals surface area contributed by atoms with Crippen LogP contribution in [0, 0.1) is 11.6 Å². The summed E-state index contributed by atoms with van der Waals surface area (Å²) in [5, 5.41) is 2.47. The lowest BCUT2D eigenvalue weighted by Crippen LogP contribution is -2.23. The van der Waals surface area contributed by atoms with Gasteiger partial charge in [0.15, 0.2) is 0 Å². The Morgan fingerprint density at radius 2 is 1.88 bits per heavy atom. The van der Waals surface area contributed by atoms with Gasteiger partial charge >= 0.3 is 0 Å². The van der Waals surface area contributed by atoms with Crippen LogP contribution in [-0.4, -0.2) is 19.0 Å². The molecule has 3 N–H and O–H groups in total. The van der Waals surface area contributed by atoms with Crippen LogP contribution in [0.2, 0.25) is 0 Å². The lowest BCUT2D eigenvalue weighted by atomic mass is 10.2. The first-order chi connectivity index (χ1) is 7.63. The van der Waals surface area contributed by atoms with E-state index in [0.29, 0.717) is 12.6 Å². The maximum Gasteiger partial charge on any atom is 0.251 e. The molecule has 0 heterocycles. The standard InChI is InChI=1S/C11H12F2N2O/c12-9-5-8(6-10(13)7-9)11(16)15-4-2-1-3-14/h1-2,5-7H,3-4,14H2,(H,15,16)/b2-1+. The van der Waals surface area contributed by atoms with E-state index in [1.165, 1.54) is 0 Å². The van der Waals surface area contributed by atoms with E-state index in [1.54, 1.807) is 12.2 Å². The Morgan fingerprint density at radius 1 is 1.25 bits per heavy atom. The molecule has 0 atom stereocenters. The van der Waals surface area contributed by atoms with Gasteiger partial charge in [-0.25, -0.2) is 8.78 Å².